The molecular formula is C17H19N3O6S2. The Morgan fingerprint density at radius 1 is 1.11 bits per heavy atom. The first-order valence-electron chi connectivity index (χ1n) is 8.40. The van der Waals surface area contributed by atoms with Crippen molar-refractivity contribution < 1.29 is 21.8 Å². The van der Waals surface area contributed by atoms with Crippen molar-refractivity contribution >= 4 is 37.1 Å². The van der Waals surface area contributed by atoms with E-state index in [-0.39, 0.29) is 22.0 Å². The average Bonchev–Trinajstić information content (AvgIpc) is 2.96. The van der Waals surface area contributed by atoms with Gasteiger partial charge in [-0.1, -0.05) is 12.1 Å². The number of non-ortho nitro benzene ring substituents is 1. The summed E-state index contributed by atoms with van der Waals surface area (Å²) in [6.07, 6.45) is 0.504. The van der Waals surface area contributed by atoms with E-state index in [0.29, 0.717) is 29.8 Å². The molecule has 1 saturated heterocycles. The van der Waals surface area contributed by atoms with Gasteiger partial charge in [0.1, 0.15) is 0 Å². The highest BCUT2D eigenvalue weighted by Crippen LogP contribution is 2.31. The summed E-state index contributed by atoms with van der Waals surface area (Å²) in [4.78, 5) is 10.1. The molecule has 0 saturated carbocycles. The Kier molecular flexibility index (Phi) is 5.06. The first-order chi connectivity index (χ1) is 13.0. The van der Waals surface area contributed by atoms with Crippen molar-refractivity contribution in [3.63, 3.8) is 0 Å². The van der Waals surface area contributed by atoms with Gasteiger partial charge in [-0.05, 0) is 43.5 Å². The van der Waals surface area contributed by atoms with Crippen molar-refractivity contribution in [1.82, 2.24) is 0 Å². The topological polar surface area (TPSA) is 127 Å². The van der Waals surface area contributed by atoms with Gasteiger partial charge < -0.3 is 0 Å². The van der Waals surface area contributed by atoms with E-state index in [4.69, 9.17) is 0 Å². The SMILES string of the molecule is Cc1ccc(N2CCCS2(=O)=O)cc1NS(=O)(=O)c1cc([N+](=O)[O-])ccc1C. The maximum atomic E-state index is 12.8. The fourth-order valence-corrected chi connectivity index (χ4v) is 5.94. The van der Waals surface area contributed by atoms with E-state index in [0.717, 1.165) is 6.07 Å². The minimum absolute atomic E-state index is 0.0504. The molecule has 0 bridgehead atoms. The van der Waals surface area contributed by atoms with E-state index in [1.807, 2.05) is 0 Å². The Labute approximate surface area is 163 Å². The summed E-state index contributed by atoms with van der Waals surface area (Å²) in [5.41, 5.74) is 1.20. The van der Waals surface area contributed by atoms with E-state index >= 15 is 0 Å². The largest absolute Gasteiger partial charge is 0.279 e. The normalized spacial score (nSPS) is 16.1. The second-order valence-electron chi connectivity index (χ2n) is 6.55. The van der Waals surface area contributed by atoms with Gasteiger partial charge in [0, 0.05) is 18.7 Å². The molecule has 1 aliphatic rings. The van der Waals surface area contributed by atoms with E-state index in [1.54, 1.807) is 26.0 Å². The molecule has 11 heteroatoms. The molecule has 3 rings (SSSR count). The number of nitro benzene ring substituents is 1. The standard InChI is InChI=1S/C17H19N3O6S2/c1-12-4-6-14(19-8-3-9-27(19,23)24)10-16(12)18-28(25,26)17-11-15(20(21)22)7-5-13(17)2/h4-7,10-11,18H,3,8-9H2,1-2H3. The molecule has 2 aromatic rings. The third kappa shape index (κ3) is 3.80. The number of nitrogens with zero attached hydrogens (tertiary/aromatic N) is 2. The molecule has 0 atom stereocenters. The lowest BCUT2D eigenvalue weighted by atomic mass is 10.2. The van der Waals surface area contributed by atoms with Crippen molar-refractivity contribution in [3.8, 4) is 0 Å². The van der Waals surface area contributed by atoms with Crippen LogP contribution in [0.2, 0.25) is 0 Å². The van der Waals surface area contributed by atoms with Gasteiger partial charge in [-0.15, -0.1) is 0 Å². The molecule has 1 N–H and O–H groups in total. The Balaban J connectivity index is 2.00. The molecule has 0 aliphatic carbocycles. The Morgan fingerprint density at radius 2 is 1.79 bits per heavy atom. The minimum atomic E-state index is -4.11. The van der Waals surface area contributed by atoms with Gasteiger partial charge in [0.25, 0.3) is 15.7 Å². The Hall–Kier alpha value is -2.66. The number of hydrogen-bond donors (Lipinski definition) is 1. The van der Waals surface area contributed by atoms with E-state index in [1.165, 1.54) is 22.5 Å². The van der Waals surface area contributed by atoms with Gasteiger partial charge in [-0.3, -0.25) is 19.1 Å². The third-order valence-electron chi connectivity index (χ3n) is 4.52. The molecule has 1 aliphatic heterocycles. The smallest absolute Gasteiger partial charge is 0.270 e. The van der Waals surface area contributed by atoms with Crippen LogP contribution in [-0.2, 0) is 20.0 Å². The van der Waals surface area contributed by atoms with Crippen molar-refractivity contribution in [3.05, 3.63) is 57.6 Å². The van der Waals surface area contributed by atoms with E-state index in [2.05, 4.69) is 4.72 Å². The quantitative estimate of drug-likeness (QED) is 0.579. The van der Waals surface area contributed by atoms with Crippen LogP contribution in [0.4, 0.5) is 17.1 Å². The summed E-state index contributed by atoms with van der Waals surface area (Å²) in [7, 11) is -7.52. The number of hydrogen-bond acceptors (Lipinski definition) is 6. The summed E-state index contributed by atoms with van der Waals surface area (Å²) in [6, 6.07) is 8.31. The van der Waals surface area contributed by atoms with Crippen molar-refractivity contribution in [2.75, 3.05) is 21.3 Å². The zero-order chi connectivity index (χ0) is 20.7. The Bertz CT molecular complexity index is 1160. The first kappa shape index (κ1) is 20.1. The Morgan fingerprint density at radius 3 is 2.39 bits per heavy atom. The average molecular weight is 425 g/mol. The van der Waals surface area contributed by atoms with Crippen LogP contribution < -0.4 is 9.03 Å². The van der Waals surface area contributed by atoms with Gasteiger partial charge in [0.2, 0.25) is 10.0 Å². The highest BCUT2D eigenvalue weighted by Gasteiger charge is 2.29. The number of benzene rings is 2. The van der Waals surface area contributed by atoms with Crippen LogP contribution in [0, 0.1) is 24.0 Å². The molecular weight excluding hydrogens is 406 g/mol. The minimum Gasteiger partial charge on any atom is -0.279 e. The zero-order valence-electron chi connectivity index (χ0n) is 15.2. The number of nitro groups is 1. The van der Waals surface area contributed by atoms with Gasteiger partial charge in [0.15, 0.2) is 0 Å². The van der Waals surface area contributed by atoms with Crippen molar-refractivity contribution in [2.24, 2.45) is 0 Å². The zero-order valence-corrected chi connectivity index (χ0v) is 16.9. The van der Waals surface area contributed by atoms with Crippen LogP contribution in [0.15, 0.2) is 41.3 Å². The predicted molar refractivity (Wildman–Crippen MR) is 106 cm³/mol. The van der Waals surface area contributed by atoms with Crippen LogP contribution >= 0.6 is 0 Å². The summed E-state index contributed by atoms with van der Waals surface area (Å²) in [5, 5.41) is 11.0. The number of rotatable bonds is 5. The second-order valence-corrected chi connectivity index (χ2v) is 10.2. The van der Waals surface area contributed by atoms with Crippen LogP contribution in [0.3, 0.4) is 0 Å². The van der Waals surface area contributed by atoms with Crippen molar-refractivity contribution in [2.45, 2.75) is 25.2 Å². The van der Waals surface area contributed by atoms with Gasteiger partial charge in [0.05, 0.1) is 26.9 Å². The number of sulfonamides is 2. The third-order valence-corrected chi connectivity index (χ3v) is 7.90. The molecule has 1 heterocycles. The molecule has 2 aromatic carbocycles. The molecule has 28 heavy (non-hydrogen) atoms. The second kappa shape index (κ2) is 7.06. The number of aryl methyl sites for hydroxylation is 2. The lowest BCUT2D eigenvalue weighted by molar-refractivity contribution is -0.385. The lowest BCUT2D eigenvalue weighted by Crippen LogP contribution is -2.25. The van der Waals surface area contributed by atoms with E-state index < -0.39 is 25.0 Å². The summed E-state index contributed by atoms with van der Waals surface area (Å²) in [6.45, 7) is 3.56. The van der Waals surface area contributed by atoms with Crippen LogP contribution in [0.25, 0.3) is 0 Å². The summed E-state index contributed by atoms with van der Waals surface area (Å²) >= 11 is 0. The monoisotopic (exact) mass is 425 g/mol. The summed E-state index contributed by atoms with van der Waals surface area (Å²) in [5.74, 6) is 0.0504. The molecule has 9 nitrogen and oxygen atoms in total. The highest BCUT2D eigenvalue weighted by atomic mass is 32.2. The van der Waals surface area contributed by atoms with Gasteiger partial charge in [-0.2, -0.15) is 0 Å². The van der Waals surface area contributed by atoms with Gasteiger partial charge >= 0.3 is 0 Å². The van der Waals surface area contributed by atoms with E-state index in [9.17, 15) is 26.9 Å². The molecule has 0 spiro atoms. The first-order valence-corrected chi connectivity index (χ1v) is 11.5. The maximum absolute atomic E-state index is 12.8. The molecule has 1 fully saturated rings. The molecule has 0 aromatic heterocycles. The lowest BCUT2D eigenvalue weighted by Gasteiger charge is -2.19. The molecule has 0 amide bonds. The number of nitrogens with one attached hydrogen (secondary N) is 1. The fraction of sp³-hybridized carbons (Fsp3) is 0.294. The van der Waals surface area contributed by atoms with Crippen molar-refractivity contribution in [1.29, 1.82) is 0 Å². The molecule has 150 valence electrons. The molecule has 0 radical (unpaired) electrons. The van der Waals surface area contributed by atoms with Crippen LogP contribution in [0.1, 0.15) is 17.5 Å². The highest BCUT2D eigenvalue weighted by molar-refractivity contribution is 7.93. The molecule has 0 unspecified atom stereocenters. The predicted octanol–water partition coefficient (Wildman–Crippen LogP) is 2.55. The van der Waals surface area contributed by atoms with Crippen LogP contribution in [0.5, 0.6) is 0 Å². The van der Waals surface area contributed by atoms with Gasteiger partial charge in [-0.25, -0.2) is 16.8 Å². The fourth-order valence-electron chi connectivity index (χ4n) is 3.00. The summed E-state index contributed by atoms with van der Waals surface area (Å²) < 4.78 is 53.6. The maximum Gasteiger partial charge on any atom is 0.270 e. The van der Waals surface area contributed by atoms with Crippen LogP contribution in [-0.4, -0.2) is 34.1 Å². The number of anilines is 2.